The number of aldehydes is 2. The van der Waals surface area contributed by atoms with Crippen molar-refractivity contribution in [1.29, 1.82) is 0 Å². The number of benzene rings is 2. The highest BCUT2D eigenvalue weighted by Gasteiger charge is 2.31. The second-order valence-electron chi connectivity index (χ2n) is 6.02. The molecule has 0 radical (unpaired) electrons. The highest BCUT2D eigenvalue weighted by Crippen LogP contribution is 2.29. The highest BCUT2D eigenvalue weighted by atomic mass is 16.5. The summed E-state index contributed by atoms with van der Waals surface area (Å²) in [4.78, 5) is 68.6. The maximum Gasteiger partial charge on any atom is 0.339 e. The van der Waals surface area contributed by atoms with Gasteiger partial charge in [0.05, 0.1) is 17.9 Å². The number of carboxylic acids is 3. The number of ether oxygens (including phenoxy) is 1. The molecule has 154 valence electrons. The van der Waals surface area contributed by atoms with Gasteiger partial charge in [-0.1, -0.05) is 12.1 Å². The maximum absolute atomic E-state index is 12.7. The molecule has 0 aromatic heterocycles. The fourth-order valence-corrected chi connectivity index (χ4v) is 2.69. The number of hydrogen-bond acceptors (Lipinski definition) is 7. The standard InChI is InChI=1S/C20H14O10/c21-8-10-1-3-12(13(5-10)18(25)26)14(7-17(23)24)20(29)30-16-4-2-11(9-22)6-15(16)19(27)28/h1-6,8-9,14H,7H2,(H,23,24)(H,25,26)(H,27,28). The average Bonchev–Trinajstić information content (AvgIpc) is 2.71. The summed E-state index contributed by atoms with van der Waals surface area (Å²) in [6.45, 7) is 0. The molecule has 2 aromatic rings. The maximum atomic E-state index is 12.7. The molecule has 10 heteroatoms. The van der Waals surface area contributed by atoms with Crippen molar-refractivity contribution in [2.45, 2.75) is 12.3 Å². The lowest BCUT2D eigenvalue weighted by Gasteiger charge is -2.17. The van der Waals surface area contributed by atoms with Crippen molar-refractivity contribution in [3.63, 3.8) is 0 Å². The number of carbonyl (C=O) groups excluding carboxylic acids is 3. The monoisotopic (exact) mass is 414 g/mol. The number of aliphatic carboxylic acids is 1. The normalized spacial score (nSPS) is 11.2. The summed E-state index contributed by atoms with van der Waals surface area (Å²) >= 11 is 0. The fraction of sp³-hybridized carbons (Fsp3) is 0.100. The summed E-state index contributed by atoms with van der Waals surface area (Å²) in [5.41, 5.74) is -1.21. The van der Waals surface area contributed by atoms with Gasteiger partial charge < -0.3 is 20.1 Å². The van der Waals surface area contributed by atoms with E-state index in [1.165, 1.54) is 12.1 Å². The molecule has 0 amide bonds. The van der Waals surface area contributed by atoms with Gasteiger partial charge in [-0.25, -0.2) is 9.59 Å². The highest BCUT2D eigenvalue weighted by molar-refractivity contribution is 5.97. The third-order valence-electron chi connectivity index (χ3n) is 4.06. The molecule has 30 heavy (non-hydrogen) atoms. The van der Waals surface area contributed by atoms with Gasteiger partial charge >= 0.3 is 23.9 Å². The molecular weight excluding hydrogens is 400 g/mol. The lowest BCUT2D eigenvalue weighted by atomic mass is 9.90. The van der Waals surface area contributed by atoms with Gasteiger partial charge in [-0.15, -0.1) is 0 Å². The third kappa shape index (κ3) is 4.93. The summed E-state index contributed by atoms with van der Waals surface area (Å²) < 4.78 is 5.05. The van der Waals surface area contributed by atoms with Crippen LogP contribution in [0.25, 0.3) is 0 Å². The van der Waals surface area contributed by atoms with Gasteiger partial charge in [0.2, 0.25) is 0 Å². The SMILES string of the molecule is O=Cc1ccc(OC(=O)C(CC(=O)O)c2ccc(C=O)cc2C(=O)O)c(C(=O)O)c1. The minimum absolute atomic E-state index is 0.00351. The zero-order chi connectivity index (χ0) is 22.4. The Bertz CT molecular complexity index is 1050. The summed E-state index contributed by atoms with van der Waals surface area (Å²) in [6.07, 6.45) is -0.0815. The Kier molecular flexibility index (Phi) is 6.76. The Morgan fingerprint density at radius 1 is 0.833 bits per heavy atom. The Hall–Kier alpha value is -4.34. The van der Waals surface area contributed by atoms with Gasteiger partial charge in [-0.3, -0.25) is 19.2 Å². The zero-order valence-corrected chi connectivity index (χ0v) is 15.1. The molecule has 2 rings (SSSR count). The minimum atomic E-state index is -1.61. The third-order valence-corrected chi connectivity index (χ3v) is 4.06. The first-order valence-corrected chi connectivity index (χ1v) is 8.26. The van der Waals surface area contributed by atoms with Crippen LogP contribution in [0, 0.1) is 0 Å². The Morgan fingerprint density at radius 2 is 1.37 bits per heavy atom. The predicted octanol–water partition coefficient (Wildman–Crippen LogP) is 1.87. The van der Waals surface area contributed by atoms with Crippen LogP contribution >= 0.6 is 0 Å². The van der Waals surface area contributed by atoms with E-state index in [1.54, 1.807) is 0 Å². The van der Waals surface area contributed by atoms with Crippen LogP contribution < -0.4 is 4.74 Å². The van der Waals surface area contributed by atoms with Crippen LogP contribution in [0.15, 0.2) is 36.4 Å². The lowest BCUT2D eigenvalue weighted by Crippen LogP contribution is -2.24. The quantitative estimate of drug-likeness (QED) is 0.312. The van der Waals surface area contributed by atoms with E-state index in [0.29, 0.717) is 12.6 Å². The van der Waals surface area contributed by atoms with Gasteiger partial charge in [0.1, 0.15) is 23.9 Å². The van der Waals surface area contributed by atoms with Crippen LogP contribution in [-0.2, 0) is 9.59 Å². The molecule has 0 aliphatic rings. The van der Waals surface area contributed by atoms with Crippen molar-refractivity contribution >= 4 is 36.4 Å². The number of hydrogen-bond donors (Lipinski definition) is 3. The molecular formula is C20H14O10. The molecule has 0 bridgehead atoms. The van der Waals surface area contributed by atoms with Crippen molar-refractivity contribution in [3.05, 3.63) is 64.2 Å². The van der Waals surface area contributed by atoms with E-state index in [1.807, 2.05) is 0 Å². The molecule has 0 aliphatic heterocycles. The number of rotatable bonds is 9. The average molecular weight is 414 g/mol. The molecule has 1 atom stereocenters. The van der Waals surface area contributed by atoms with E-state index in [0.717, 1.165) is 24.3 Å². The van der Waals surface area contributed by atoms with E-state index in [-0.39, 0.29) is 16.7 Å². The summed E-state index contributed by atoms with van der Waals surface area (Å²) in [6, 6.07) is 6.51. The molecule has 0 aliphatic carbocycles. The van der Waals surface area contributed by atoms with Crippen LogP contribution in [0.3, 0.4) is 0 Å². The molecule has 0 saturated heterocycles. The van der Waals surface area contributed by atoms with Gasteiger partial charge in [0.25, 0.3) is 0 Å². The van der Waals surface area contributed by atoms with Gasteiger partial charge in [0, 0.05) is 11.1 Å². The minimum Gasteiger partial charge on any atom is -0.481 e. The van der Waals surface area contributed by atoms with Crippen molar-refractivity contribution in [2.24, 2.45) is 0 Å². The number of aromatic carboxylic acids is 2. The van der Waals surface area contributed by atoms with E-state index >= 15 is 0 Å². The Morgan fingerprint density at radius 3 is 1.87 bits per heavy atom. The molecule has 10 nitrogen and oxygen atoms in total. The molecule has 1 unspecified atom stereocenters. The van der Waals surface area contributed by atoms with Crippen LogP contribution in [0.4, 0.5) is 0 Å². The van der Waals surface area contributed by atoms with Crippen LogP contribution in [-0.4, -0.2) is 51.8 Å². The second kappa shape index (κ2) is 9.24. The van der Waals surface area contributed by atoms with Crippen LogP contribution in [0.1, 0.15) is 59.3 Å². The second-order valence-corrected chi connectivity index (χ2v) is 6.02. The Labute approximate surface area is 168 Å². The largest absolute Gasteiger partial charge is 0.481 e. The fourth-order valence-electron chi connectivity index (χ4n) is 2.69. The number of esters is 1. The number of carbonyl (C=O) groups is 6. The summed E-state index contributed by atoms with van der Waals surface area (Å²) in [5, 5.41) is 27.8. The van der Waals surface area contributed by atoms with Gasteiger partial charge in [-0.05, 0) is 29.8 Å². The topological polar surface area (TPSA) is 172 Å². The van der Waals surface area contributed by atoms with E-state index in [9.17, 15) is 39.0 Å². The van der Waals surface area contributed by atoms with Crippen LogP contribution in [0.5, 0.6) is 5.75 Å². The first kappa shape index (κ1) is 22.0. The number of carboxylic acid groups (broad SMARTS) is 3. The van der Waals surface area contributed by atoms with Gasteiger partial charge in [0.15, 0.2) is 0 Å². The van der Waals surface area contributed by atoms with E-state index in [4.69, 9.17) is 9.84 Å². The summed E-state index contributed by atoms with van der Waals surface area (Å²) in [5.74, 6) is -7.73. The summed E-state index contributed by atoms with van der Waals surface area (Å²) in [7, 11) is 0. The van der Waals surface area contributed by atoms with E-state index in [2.05, 4.69) is 0 Å². The smallest absolute Gasteiger partial charge is 0.339 e. The molecule has 2 aromatic carbocycles. The zero-order valence-electron chi connectivity index (χ0n) is 15.1. The molecule has 0 spiro atoms. The first-order valence-electron chi connectivity index (χ1n) is 8.26. The Balaban J connectivity index is 2.52. The molecule has 3 N–H and O–H groups in total. The van der Waals surface area contributed by atoms with Crippen molar-refractivity contribution in [2.75, 3.05) is 0 Å². The van der Waals surface area contributed by atoms with Gasteiger partial charge in [-0.2, -0.15) is 0 Å². The lowest BCUT2D eigenvalue weighted by molar-refractivity contribution is -0.143. The molecule has 0 saturated carbocycles. The molecule has 0 fully saturated rings. The van der Waals surface area contributed by atoms with E-state index < -0.39 is 53.1 Å². The van der Waals surface area contributed by atoms with Crippen molar-refractivity contribution in [1.82, 2.24) is 0 Å². The van der Waals surface area contributed by atoms with Crippen LogP contribution in [0.2, 0.25) is 0 Å². The van der Waals surface area contributed by atoms with Crippen molar-refractivity contribution < 1.29 is 48.8 Å². The predicted molar refractivity (Wildman–Crippen MR) is 98.2 cm³/mol. The van der Waals surface area contributed by atoms with Crippen molar-refractivity contribution in [3.8, 4) is 5.75 Å². The molecule has 0 heterocycles. The first-order chi connectivity index (χ1) is 14.2.